The molecule has 3 rings (SSSR count). The van der Waals surface area contributed by atoms with E-state index in [2.05, 4.69) is 20.3 Å². The summed E-state index contributed by atoms with van der Waals surface area (Å²) >= 11 is 7.24. The number of thioether (sulfide) groups is 1. The Morgan fingerprint density at radius 2 is 2.27 bits per heavy atom. The van der Waals surface area contributed by atoms with Crippen LogP contribution < -0.4 is 5.32 Å². The molecule has 0 atom stereocenters. The summed E-state index contributed by atoms with van der Waals surface area (Å²) in [4.78, 5) is 23.6. The zero-order chi connectivity index (χ0) is 15.5. The van der Waals surface area contributed by atoms with Crippen LogP contribution in [0.3, 0.4) is 0 Å². The number of rotatable bonds is 4. The number of aromatic nitrogens is 3. The number of nitrogens with zero attached hydrogens (tertiary/aromatic N) is 2. The molecular formula is C15H13ClN4OS. The molecule has 5 nitrogen and oxygen atoms in total. The maximum atomic E-state index is 12.0. The minimum absolute atomic E-state index is 0.0937. The monoisotopic (exact) mass is 332 g/mol. The van der Waals surface area contributed by atoms with Gasteiger partial charge in [0.15, 0.2) is 10.8 Å². The second kappa shape index (κ2) is 6.37. The molecule has 2 heterocycles. The van der Waals surface area contributed by atoms with Crippen molar-refractivity contribution in [3.63, 3.8) is 0 Å². The lowest BCUT2D eigenvalue weighted by atomic mass is 10.2. The third-order valence-corrected chi connectivity index (χ3v) is 4.15. The first-order chi connectivity index (χ1) is 10.6. The molecule has 0 saturated heterocycles. The second-order valence-corrected chi connectivity index (χ2v) is 6.11. The number of hydrogen-bond acceptors (Lipinski definition) is 4. The molecule has 1 amide bonds. The molecule has 2 N–H and O–H groups in total. The Kier molecular flexibility index (Phi) is 4.31. The first-order valence-electron chi connectivity index (χ1n) is 6.61. The number of halogens is 1. The minimum atomic E-state index is -0.0937. The molecule has 3 aromatic rings. The topological polar surface area (TPSA) is 70.7 Å². The van der Waals surface area contributed by atoms with Crippen molar-refractivity contribution in [2.45, 2.75) is 12.1 Å². The van der Waals surface area contributed by atoms with Gasteiger partial charge in [-0.15, -0.1) is 0 Å². The highest BCUT2D eigenvalue weighted by atomic mass is 35.5. The van der Waals surface area contributed by atoms with Crippen LogP contribution in [0, 0.1) is 6.92 Å². The number of hydrogen-bond donors (Lipinski definition) is 2. The average Bonchev–Trinajstić information content (AvgIpc) is 2.91. The van der Waals surface area contributed by atoms with Crippen LogP contribution in [0.1, 0.15) is 5.56 Å². The number of anilines is 1. The quantitative estimate of drug-likeness (QED) is 0.715. The van der Waals surface area contributed by atoms with Crippen LogP contribution in [0.5, 0.6) is 0 Å². The Hall–Kier alpha value is -2.05. The average molecular weight is 333 g/mol. The van der Waals surface area contributed by atoms with Crippen molar-refractivity contribution in [2.75, 3.05) is 11.1 Å². The van der Waals surface area contributed by atoms with E-state index in [0.29, 0.717) is 15.8 Å². The summed E-state index contributed by atoms with van der Waals surface area (Å²) in [5.74, 6) is 0.172. The number of imidazole rings is 1. The van der Waals surface area contributed by atoms with Gasteiger partial charge in [-0.2, -0.15) is 0 Å². The lowest BCUT2D eigenvalue weighted by Gasteiger charge is -2.07. The predicted molar refractivity (Wildman–Crippen MR) is 89.4 cm³/mol. The van der Waals surface area contributed by atoms with Crippen LogP contribution in [0.15, 0.2) is 41.7 Å². The van der Waals surface area contributed by atoms with E-state index in [1.165, 1.54) is 11.8 Å². The zero-order valence-corrected chi connectivity index (χ0v) is 13.3. The number of amides is 1. The molecule has 7 heteroatoms. The Morgan fingerprint density at radius 3 is 3.05 bits per heavy atom. The lowest BCUT2D eigenvalue weighted by Crippen LogP contribution is -2.14. The molecule has 0 bridgehead atoms. The smallest absolute Gasteiger partial charge is 0.234 e. The molecule has 0 aliphatic heterocycles. The molecule has 112 valence electrons. The fourth-order valence-corrected chi connectivity index (χ4v) is 2.88. The molecular weight excluding hydrogens is 320 g/mol. The highest BCUT2D eigenvalue weighted by molar-refractivity contribution is 7.99. The van der Waals surface area contributed by atoms with Gasteiger partial charge >= 0.3 is 0 Å². The third-order valence-electron chi connectivity index (χ3n) is 3.04. The van der Waals surface area contributed by atoms with Gasteiger partial charge in [-0.05, 0) is 42.8 Å². The number of fused-ring (bicyclic) bond motifs is 1. The van der Waals surface area contributed by atoms with Gasteiger partial charge in [-0.25, -0.2) is 9.97 Å². The summed E-state index contributed by atoms with van der Waals surface area (Å²) < 4.78 is 0. The van der Waals surface area contributed by atoms with Crippen molar-refractivity contribution in [2.24, 2.45) is 0 Å². The fraction of sp³-hybridized carbons (Fsp3) is 0.133. The maximum absolute atomic E-state index is 12.0. The normalized spacial score (nSPS) is 10.8. The Labute approximate surface area is 136 Å². The van der Waals surface area contributed by atoms with Crippen LogP contribution in [0.2, 0.25) is 5.02 Å². The van der Waals surface area contributed by atoms with E-state index in [1.54, 1.807) is 18.3 Å². The number of carbonyl (C=O) groups excluding carboxylic acids is 1. The SMILES string of the molecule is Cc1cc(Cl)ccc1NC(=O)CSc1nc2ncccc2[nH]1. The van der Waals surface area contributed by atoms with E-state index in [-0.39, 0.29) is 11.7 Å². The molecule has 2 aromatic heterocycles. The molecule has 0 aliphatic rings. The number of aromatic amines is 1. The van der Waals surface area contributed by atoms with E-state index in [9.17, 15) is 4.79 Å². The first kappa shape index (κ1) is 14.9. The molecule has 0 radical (unpaired) electrons. The van der Waals surface area contributed by atoms with Gasteiger partial charge in [-0.1, -0.05) is 23.4 Å². The molecule has 0 fully saturated rings. The van der Waals surface area contributed by atoms with Gasteiger partial charge in [0.05, 0.1) is 11.3 Å². The van der Waals surface area contributed by atoms with E-state index < -0.39 is 0 Å². The van der Waals surface area contributed by atoms with Gasteiger partial charge in [0.25, 0.3) is 0 Å². The number of aryl methyl sites for hydroxylation is 1. The number of benzene rings is 1. The van der Waals surface area contributed by atoms with Crippen molar-refractivity contribution in [3.8, 4) is 0 Å². The second-order valence-electron chi connectivity index (χ2n) is 4.71. The van der Waals surface area contributed by atoms with Crippen molar-refractivity contribution in [1.82, 2.24) is 15.0 Å². The van der Waals surface area contributed by atoms with Crippen molar-refractivity contribution >= 4 is 46.1 Å². The molecule has 0 aliphatic carbocycles. The summed E-state index contributed by atoms with van der Waals surface area (Å²) in [5, 5.41) is 4.20. The van der Waals surface area contributed by atoms with E-state index in [1.807, 2.05) is 25.1 Å². The van der Waals surface area contributed by atoms with Crippen LogP contribution in [-0.4, -0.2) is 26.6 Å². The largest absolute Gasteiger partial charge is 0.332 e. The Morgan fingerprint density at radius 1 is 1.41 bits per heavy atom. The number of carbonyl (C=O) groups is 1. The number of nitrogens with one attached hydrogen (secondary N) is 2. The molecule has 0 saturated carbocycles. The number of H-pyrrole nitrogens is 1. The zero-order valence-electron chi connectivity index (χ0n) is 11.8. The van der Waals surface area contributed by atoms with Gasteiger partial charge in [-0.3, -0.25) is 4.79 Å². The van der Waals surface area contributed by atoms with E-state index in [4.69, 9.17) is 11.6 Å². The Balaban J connectivity index is 1.62. The lowest BCUT2D eigenvalue weighted by molar-refractivity contribution is -0.113. The number of pyridine rings is 1. The summed E-state index contributed by atoms with van der Waals surface area (Å²) in [7, 11) is 0. The van der Waals surface area contributed by atoms with Crippen molar-refractivity contribution in [3.05, 3.63) is 47.1 Å². The molecule has 22 heavy (non-hydrogen) atoms. The van der Waals surface area contributed by atoms with Gasteiger partial charge in [0.2, 0.25) is 5.91 Å². The van der Waals surface area contributed by atoms with E-state index in [0.717, 1.165) is 16.8 Å². The van der Waals surface area contributed by atoms with Gasteiger partial charge < -0.3 is 10.3 Å². The standard InChI is InChI=1S/C15H13ClN4OS/c1-9-7-10(16)4-5-11(9)18-13(21)8-22-15-19-12-3-2-6-17-14(12)20-15/h2-7H,8H2,1H3,(H,18,21)(H,17,19,20). The van der Waals surface area contributed by atoms with Crippen molar-refractivity contribution in [1.29, 1.82) is 0 Å². The van der Waals surface area contributed by atoms with Gasteiger partial charge in [0.1, 0.15) is 0 Å². The molecule has 0 unspecified atom stereocenters. The summed E-state index contributed by atoms with van der Waals surface area (Å²) in [6, 6.07) is 9.10. The summed E-state index contributed by atoms with van der Waals surface area (Å²) in [5.41, 5.74) is 3.21. The van der Waals surface area contributed by atoms with Gasteiger partial charge in [0, 0.05) is 16.9 Å². The highest BCUT2D eigenvalue weighted by Crippen LogP contribution is 2.21. The summed E-state index contributed by atoms with van der Waals surface area (Å²) in [6.45, 7) is 1.90. The van der Waals surface area contributed by atoms with Crippen LogP contribution >= 0.6 is 23.4 Å². The molecule has 0 spiro atoms. The minimum Gasteiger partial charge on any atom is -0.332 e. The van der Waals surface area contributed by atoms with Crippen LogP contribution in [0.4, 0.5) is 5.69 Å². The fourth-order valence-electron chi connectivity index (χ4n) is 1.98. The van der Waals surface area contributed by atoms with Crippen molar-refractivity contribution < 1.29 is 4.79 Å². The van der Waals surface area contributed by atoms with E-state index >= 15 is 0 Å². The first-order valence-corrected chi connectivity index (χ1v) is 7.98. The molecule has 1 aromatic carbocycles. The summed E-state index contributed by atoms with van der Waals surface area (Å²) in [6.07, 6.45) is 1.69. The highest BCUT2D eigenvalue weighted by Gasteiger charge is 2.09. The predicted octanol–water partition coefficient (Wildman–Crippen LogP) is 3.65. The third kappa shape index (κ3) is 3.40. The van der Waals surface area contributed by atoms with Crippen LogP contribution in [-0.2, 0) is 4.79 Å². The maximum Gasteiger partial charge on any atom is 0.234 e. The van der Waals surface area contributed by atoms with Crippen LogP contribution in [0.25, 0.3) is 11.2 Å². The Bertz CT molecular complexity index is 800.